The Bertz CT molecular complexity index is 592. The van der Waals surface area contributed by atoms with Crippen molar-refractivity contribution in [3.63, 3.8) is 0 Å². The zero-order valence-corrected chi connectivity index (χ0v) is 11.9. The number of nitrogens with one attached hydrogen (secondary N) is 1. The Hall–Kier alpha value is -1.62. The molecule has 2 aromatic rings. The van der Waals surface area contributed by atoms with Gasteiger partial charge in [0, 0.05) is 12.7 Å². The fourth-order valence-electron chi connectivity index (χ4n) is 1.69. The van der Waals surface area contributed by atoms with Crippen LogP contribution in [0.15, 0.2) is 39.9 Å². The number of nitrogens with zero attached hydrogens (tertiary/aromatic N) is 2. The SMILES string of the molecule is CCc1ccc(N(C)c2nc[nH]c(=O)c2Br)cc1. The fraction of sp³-hybridized carbons (Fsp3) is 0.231. The number of aromatic nitrogens is 2. The molecule has 0 aliphatic rings. The Balaban J connectivity index is 2.38. The van der Waals surface area contributed by atoms with Crippen molar-refractivity contribution in [2.24, 2.45) is 0 Å². The van der Waals surface area contributed by atoms with Gasteiger partial charge in [0.1, 0.15) is 4.47 Å². The number of halogens is 1. The monoisotopic (exact) mass is 307 g/mol. The molecule has 0 aliphatic carbocycles. The summed E-state index contributed by atoms with van der Waals surface area (Å²) < 4.78 is 0.437. The molecule has 18 heavy (non-hydrogen) atoms. The number of hydrogen-bond donors (Lipinski definition) is 1. The smallest absolute Gasteiger partial charge is 0.267 e. The van der Waals surface area contributed by atoms with Crippen LogP contribution in [0, 0.1) is 0 Å². The maximum atomic E-state index is 11.5. The van der Waals surface area contributed by atoms with Crippen LogP contribution in [0.5, 0.6) is 0 Å². The summed E-state index contributed by atoms with van der Waals surface area (Å²) in [7, 11) is 1.88. The van der Waals surface area contributed by atoms with Crippen LogP contribution < -0.4 is 10.5 Å². The van der Waals surface area contributed by atoms with Crippen LogP contribution in [-0.4, -0.2) is 17.0 Å². The van der Waals surface area contributed by atoms with Crippen LogP contribution in [0.25, 0.3) is 0 Å². The van der Waals surface area contributed by atoms with Crippen molar-refractivity contribution < 1.29 is 0 Å². The van der Waals surface area contributed by atoms with E-state index < -0.39 is 0 Å². The third-order valence-corrected chi connectivity index (χ3v) is 3.54. The van der Waals surface area contributed by atoms with Crippen molar-refractivity contribution in [1.29, 1.82) is 0 Å². The topological polar surface area (TPSA) is 49.0 Å². The number of benzene rings is 1. The first-order valence-electron chi connectivity index (χ1n) is 5.69. The summed E-state index contributed by atoms with van der Waals surface area (Å²) in [6, 6.07) is 8.20. The molecule has 0 spiro atoms. The van der Waals surface area contributed by atoms with Crippen molar-refractivity contribution in [2.75, 3.05) is 11.9 Å². The van der Waals surface area contributed by atoms with E-state index in [0.29, 0.717) is 10.3 Å². The highest BCUT2D eigenvalue weighted by molar-refractivity contribution is 9.10. The highest BCUT2D eigenvalue weighted by atomic mass is 79.9. The highest BCUT2D eigenvalue weighted by Crippen LogP contribution is 2.26. The van der Waals surface area contributed by atoms with E-state index >= 15 is 0 Å². The molecule has 5 heteroatoms. The summed E-state index contributed by atoms with van der Waals surface area (Å²) in [6.45, 7) is 2.12. The van der Waals surface area contributed by atoms with Gasteiger partial charge in [-0.15, -0.1) is 0 Å². The van der Waals surface area contributed by atoms with Crippen molar-refractivity contribution in [3.05, 3.63) is 51.0 Å². The standard InChI is InChI=1S/C13H14BrN3O/c1-3-9-4-6-10(7-5-9)17(2)12-11(14)13(18)16-8-15-12/h4-8H,3H2,1-2H3,(H,15,16,18). The van der Waals surface area contributed by atoms with Crippen LogP contribution in [0.4, 0.5) is 11.5 Å². The third kappa shape index (κ3) is 2.46. The molecule has 1 N–H and O–H groups in total. The molecular formula is C13H14BrN3O. The maximum Gasteiger partial charge on any atom is 0.267 e. The molecule has 0 atom stereocenters. The van der Waals surface area contributed by atoms with E-state index in [-0.39, 0.29) is 5.56 Å². The van der Waals surface area contributed by atoms with E-state index in [1.807, 2.05) is 24.1 Å². The number of rotatable bonds is 3. The first kappa shape index (κ1) is 12.8. The van der Waals surface area contributed by atoms with Crippen molar-refractivity contribution in [1.82, 2.24) is 9.97 Å². The van der Waals surface area contributed by atoms with Crippen molar-refractivity contribution in [2.45, 2.75) is 13.3 Å². The molecule has 0 amide bonds. The molecule has 1 aromatic carbocycles. The lowest BCUT2D eigenvalue weighted by Crippen LogP contribution is -2.17. The van der Waals surface area contributed by atoms with Crippen LogP contribution in [0.1, 0.15) is 12.5 Å². The predicted molar refractivity (Wildman–Crippen MR) is 76.4 cm³/mol. The largest absolute Gasteiger partial charge is 0.328 e. The molecule has 0 fully saturated rings. The van der Waals surface area contributed by atoms with Gasteiger partial charge in [-0.05, 0) is 40.0 Å². The van der Waals surface area contributed by atoms with E-state index in [9.17, 15) is 4.79 Å². The zero-order chi connectivity index (χ0) is 13.1. The van der Waals surface area contributed by atoms with Gasteiger partial charge < -0.3 is 9.88 Å². The van der Waals surface area contributed by atoms with E-state index in [1.165, 1.54) is 11.9 Å². The summed E-state index contributed by atoms with van der Waals surface area (Å²) >= 11 is 3.26. The van der Waals surface area contributed by atoms with Gasteiger partial charge >= 0.3 is 0 Å². The van der Waals surface area contributed by atoms with Gasteiger partial charge in [0.15, 0.2) is 5.82 Å². The van der Waals surface area contributed by atoms with Gasteiger partial charge in [0.25, 0.3) is 5.56 Å². The normalized spacial score (nSPS) is 10.4. The Morgan fingerprint density at radius 3 is 2.61 bits per heavy atom. The molecule has 1 heterocycles. The minimum absolute atomic E-state index is 0.183. The second-order valence-corrected chi connectivity index (χ2v) is 4.74. The van der Waals surface area contributed by atoms with Crippen LogP contribution in [0.2, 0.25) is 0 Å². The first-order valence-corrected chi connectivity index (χ1v) is 6.48. The van der Waals surface area contributed by atoms with Gasteiger partial charge in [-0.25, -0.2) is 4.98 Å². The molecule has 0 bridgehead atoms. The van der Waals surface area contributed by atoms with Crippen molar-refractivity contribution >= 4 is 27.4 Å². The molecule has 4 nitrogen and oxygen atoms in total. The molecule has 0 radical (unpaired) electrons. The quantitative estimate of drug-likeness (QED) is 0.948. The van der Waals surface area contributed by atoms with E-state index in [2.05, 4.69) is 45.0 Å². The Kier molecular flexibility index (Phi) is 3.81. The lowest BCUT2D eigenvalue weighted by atomic mass is 10.1. The molecule has 0 unspecified atom stereocenters. The summed E-state index contributed by atoms with van der Waals surface area (Å²) in [6.07, 6.45) is 2.41. The second kappa shape index (κ2) is 5.35. The molecule has 0 saturated carbocycles. The average Bonchev–Trinajstić information content (AvgIpc) is 2.41. The van der Waals surface area contributed by atoms with Crippen LogP contribution in [0.3, 0.4) is 0 Å². The summed E-state index contributed by atoms with van der Waals surface area (Å²) in [5.41, 5.74) is 2.09. The second-order valence-electron chi connectivity index (χ2n) is 3.95. The molecular weight excluding hydrogens is 294 g/mol. The van der Waals surface area contributed by atoms with Gasteiger partial charge in [-0.1, -0.05) is 19.1 Å². The minimum atomic E-state index is -0.183. The summed E-state index contributed by atoms with van der Waals surface area (Å²) in [5.74, 6) is 0.600. The molecule has 0 saturated heterocycles. The molecule has 1 aromatic heterocycles. The van der Waals surface area contributed by atoms with Crippen LogP contribution >= 0.6 is 15.9 Å². The highest BCUT2D eigenvalue weighted by Gasteiger charge is 2.11. The van der Waals surface area contributed by atoms with Gasteiger partial charge in [-0.2, -0.15) is 0 Å². The van der Waals surface area contributed by atoms with Crippen molar-refractivity contribution in [3.8, 4) is 0 Å². The average molecular weight is 308 g/mol. The van der Waals surface area contributed by atoms with Gasteiger partial charge in [-0.3, -0.25) is 4.79 Å². The Morgan fingerprint density at radius 2 is 2.00 bits per heavy atom. The zero-order valence-electron chi connectivity index (χ0n) is 10.3. The molecule has 0 aliphatic heterocycles. The fourth-order valence-corrected chi connectivity index (χ4v) is 2.17. The Morgan fingerprint density at radius 1 is 1.33 bits per heavy atom. The lowest BCUT2D eigenvalue weighted by molar-refractivity contribution is 1.04. The maximum absolute atomic E-state index is 11.5. The summed E-state index contributed by atoms with van der Waals surface area (Å²) in [4.78, 5) is 20.1. The number of aromatic amines is 1. The lowest BCUT2D eigenvalue weighted by Gasteiger charge is -2.19. The van der Waals surface area contributed by atoms with Crippen LogP contribution in [-0.2, 0) is 6.42 Å². The number of hydrogen-bond acceptors (Lipinski definition) is 3. The molecule has 94 valence electrons. The summed E-state index contributed by atoms with van der Waals surface area (Å²) in [5, 5.41) is 0. The number of anilines is 2. The molecule has 2 rings (SSSR count). The van der Waals surface area contributed by atoms with Gasteiger partial charge in [0.05, 0.1) is 6.33 Å². The number of H-pyrrole nitrogens is 1. The van der Waals surface area contributed by atoms with Gasteiger partial charge in [0.2, 0.25) is 0 Å². The van der Waals surface area contributed by atoms with E-state index in [4.69, 9.17) is 0 Å². The number of aryl methyl sites for hydroxylation is 1. The van der Waals surface area contributed by atoms with E-state index in [1.54, 1.807) is 0 Å². The predicted octanol–water partition coefficient (Wildman–Crippen LogP) is 2.86. The Labute approximate surface area is 114 Å². The first-order chi connectivity index (χ1) is 8.63. The van der Waals surface area contributed by atoms with E-state index in [0.717, 1.165) is 12.1 Å². The third-order valence-electron chi connectivity index (χ3n) is 2.83. The minimum Gasteiger partial charge on any atom is -0.328 e.